The molecule has 2 rings (SSSR count). The van der Waals surface area contributed by atoms with E-state index in [9.17, 15) is 0 Å². The highest BCUT2D eigenvalue weighted by atomic mass is 28.4. The summed E-state index contributed by atoms with van der Waals surface area (Å²) in [7, 11) is -1.72. The van der Waals surface area contributed by atoms with E-state index < -0.39 is 8.32 Å². The lowest BCUT2D eigenvalue weighted by Crippen LogP contribution is -2.54. The van der Waals surface area contributed by atoms with Crippen molar-refractivity contribution in [3.63, 3.8) is 0 Å². The van der Waals surface area contributed by atoms with Crippen molar-refractivity contribution in [3.8, 4) is 0 Å². The van der Waals surface area contributed by atoms with E-state index in [0.29, 0.717) is 0 Å². The molecular formula is C13H28N2OSi. The van der Waals surface area contributed by atoms with Crippen molar-refractivity contribution in [1.82, 2.24) is 0 Å². The fourth-order valence-electron chi connectivity index (χ4n) is 3.03. The van der Waals surface area contributed by atoms with Crippen molar-refractivity contribution in [3.05, 3.63) is 0 Å². The molecule has 2 saturated carbocycles. The minimum Gasteiger partial charge on any atom is -0.412 e. The Hall–Kier alpha value is 0.0969. The van der Waals surface area contributed by atoms with Crippen LogP contribution in [-0.2, 0) is 4.43 Å². The summed E-state index contributed by atoms with van der Waals surface area (Å²) < 4.78 is 6.50. The predicted octanol–water partition coefficient (Wildman–Crippen LogP) is 2.36. The summed E-state index contributed by atoms with van der Waals surface area (Å²) >= 11 is 0. The SMILES string of the molecule is CC(C)(C)[Si](C)(C)O[C@@H]1C[C@]2(N)CC[C@@]1(N)C2. The van der Waals surface area contributed by atoms with E-state index in [0.717, 1.165) is 25.7 Å². The normalized spacial score (nSPS) is 42.2. The van der Waals surface area contributed by atoms with Crippen LogP contribution < -0.4 is 11.5 Å². The van der Waals surface area contributed by atoms with E-state index in [1.54, 1.807) is 0 Å². The third-order valence-corrected chi connectivity index (χ3v) is 9.73. The van der Waals surface area contributed by atoms with E-state index in [1.165, 1.54) is 0 Å². The zero-order valence-corrected chi connectivity index (χ0v) is 13.0. The lowest BCUT2D eigenvalue weighted by molar-refractivity contribution is 0.0989. The van der Waals surface area contributed by atoms with Crippen LogP contribution in [0.1, 0.15) is 46.5 Å². The van der Waals surface area contributed by atoms with Gasteiger partial charge >= 0.3 is 0 Å². The van der Waals surface area contributed by atoms with Gasteiger partial charge < -0.3 is 15.9 Å². The number of fused-ring (bicyclic) bond motifs is 2. The van der Waals surface area contributed by atoms with Crippen molar-refractivity contribution in [2.24, 2.45) is 11.5 Å². The fraction of sp³-hybridized carbons (Fsp3) is 1.00. The van der Waals surface area contributed by atoms with Crippen LogP contribution in [-0.4, -0.2) is 25.5 Å². The average molecular weight is 256 g/mol. The molecule has 0 aromatic carbocycles. The molecule has 0 aromatic heterocycles. The number of hydrogen-bond acceptors (Lipinski definition) is 3. The Morgan fingerprint density at radius 2 is 1.76 bits per heavy atom. The molecule has 0 heterocycles. The van der Waals surface area contributed by atoms with Gasteiger partial charge in [-0.15, -0.1) is 0 Å². The van der Waals surface area contributed by atoms with Gasteiger partial charge in [0, 0.05) is 11.1 Å². The van der Waals surface area contributed by atoms with Crippen LogP contribution in [0.25, 0.3) is 0 Å². The van der Waals surface area contributed by atoms with E-state index in [1.807, 2.05) is 0 Å². The molecule has 17 heavy (non-hydrogen) atoms. The summed E-state index contributed by atoms with van der Waals surface area (Å²) in [6.45, 7) is 11.4. The molecule has 2 fully saturated rings. The fourth-order valence-corrected chi connectivity index (χ4v) is 4.41. The Bertz CT molecular complexity index is 326. The van der Waals surface area contributed by atoms with Crippen molar-refractivity contribution in [2.45, 2.75) is 81.8 Å². The minimum atomic E-state index is -1.72. The minimum absolute atomic E-state index is 0.0399. The summed E-state index contributed by atoms with van der Waals surface area (Å²) in [5, 5.41) is 0.243. The van der Waals surface area contributed by atoms with Gasteiger partial charge in [-0.2, -0.15) is 0 Å². The standard InChI is InChI=1S/C13H28N2OSi/c1-11(2,3)17(4,5)16-10-8-12(14)6-7-13(10,15)9-12/h10H,6-9,14-15H2,1-5H3/t10-,12-,13-/m1/s1. The first-order valence-corrected chi connectivity index (χ1v) is 9.64. The van der Waals surface area contributed by atoms with Crippen molar-refractivity contribution in [2.75, 3.05) is 0 Å². The van der Waals surface area contributed by atoms with Crippen LogP contribution in [0.4, 0.5) is 0 Å². The second-order valence-electron chi connectivity index (χ2n) is 7.84. The molecule has 2 bridgehead atoms. The van der Waals surface area contributed by atoms with Gasteiger partial charge in [-0.1, -0.05) is 20.8 Å². The van der Waals surface area contributed by atoms with Crippen LogP contribution >= 0.6 is 0 Å². The number of rotatable bonds is 2. The first-order valence-electron chi connectivity index (χ1n) is 6.73. The van der Waals surface area contributed by atoms with Gasteiger partial charge in [0.25, 0.3) is 0 Å². The van der Waals surface area contributed by atoms with E-state index in [2.05, 4.69) is 33.9 Å². The summed E-state index contributed by atoms with van der Waals surface area (Å²) in [5.74, 6) is 0. The Kier molecular flexibility index (Phi) is 2.83. The molecule has 3 nitrogen and oxygen atoms in total. The Balaban J connectivity index is 2.12. The molecular weight excluding hydrogens is 228 g/mol. The van der Waals surface area contributed by atoms with Gasteiger partial charge in [-0.05, 0) is 43.8 Å². The van der Waals surface area contributed by atoms with Gasteiger partial charge in [0.15, 0.2) is 8.32 Å². The molecule has 0 saturated heterocycles. The Morgan fingerprint density at radius 3 is 2.12 bits per heavy atom. The maximum absolute atomic E-state index is 6.50. The first-order chi connectivity index (χ1) is 7.48. The molecule has 4 N–H and O–H groups in total. The number of nitrogens with two attached hydrogens (primary N) is 2. The highest BCUT2D eigenvalue weighted by Crippen LogP contribution is 2.51. The van der Waals surface area contributed by atoms with Crippen LogP contribution in [0, 0.1) is 0 Å². The first kappa shape index (κ1) is 13.5. The van der Waals surface area contributed by atoms with Gasteiger partial charge in [-0.25, -0.2) is 0 Å². The zero-order valence-electron chi connectivity index (χ0n) is 12.0. The summed E-state index contributed by atoms with van der Waals surface area (Å²) in [6, 6.07) is 0. The summed E-state index contributed by atoms with van der Waals surface area (Å²) in [5.41, 5.74) is 12.7. The zero-order chi connectivity index (χ0) is 13.1. The third kappa shape index (κ3) is 2.20. The lowest BCUT2D eigenvalue weighted by atomic mass is 9.90. The van der Waals surface area contributed by atoms with Crippen molar-refractivity contribution >= 4 is 8.32 Å². The van der Waals surface area contributed by atoms with E-state index in [4.69, 9.17) is 15.9 Å². The second kappa shape index (κ2) is 3.56. The molecule has 0 aromatic rings. The van der Waals surface area contributed by atoms with E-state index >= 15 is 0 Å². The third-order valence-electron chi connectivity index (χ3n) is 5.25. The molecule has 4 heteroatoms. The maximum Gasteiger partial charge on any atom is 0.192 e. The van der Waals surface area contributed by atoms with Crippen LogP contribution in [0.15, 0.2) is 0 Å². The highest BCUT2D eigenvalue weighted by Gasteiger charge is 2.58. The smallest absolute Gasteiger partial charge is 0.192 e. The maximum atomic E-state index is 6.50. The highest BCUT2D eigenvalue weighted by molar-refractivity contribution is 6.74. The number of hydrogen-bond donors (Lipinski definition) is 2. The molecule has 3 atom stereocenters. The quantitative estimate of drug-likeness (QED) is 0.746. The van der Waals surface area contributed by atoms with Gasteiger partial charge in [0.1, 0.15) is 0 Å². The van der Waals surface area contributed by atoms with Crippen LogP contribution in [0.3, 0.4) is 0 Å². The van der Waals surface area contributed by atoms with Crippen molar-refractivity contribution in [1.29, 1.82) is 0 Å². The largest absolute Gasteiger partial charge is 0.412 e. The molecule has 2 aliphatic carbocycles. The molecule has 0 aliphatic heterocycles. The average Bonchev–Trinajstić information content (AvgIpc) is 2.51. The monoisotopic (exact) mass is 256 g/mol. The molecule has 2 aliphatic rings. The van der Waals surface area contributed by atoms with Crippen LogP contribution in [0.5, 0.6) is 0 Å². The molecule has 0 amide bonds. The Labute approximate surface area is 106 Å². The molecule has 0 unspecified atom stereocenters. The topological polar surface area (TPSA) is 61.3 Å². The van der Waals surface area contributed by atoms with Gasteiger partial charge in [0.2, 0.25) is 0 Å². The van der Waals surface area contributed by atoms with Crippen molar-refractivity contribution < 1.29 is 4.43 Å². The Morgan fingerprint density at radius 1 is 1.18 bits per heavy atom. The second-order valence-corrected chi connectivity index (χ2v) is 12.6. The molecule has 0 spiro atoms. The van der Waals surface area contributed by atoms with Gasteiger partial charge in [-0.3, -0.25) is 0 Å². The molecule has 100 valence electrons. The summed E-state index contributed by atoms with van der Waals surface area (Å²) in [4.78, 5) is 0. The van der Waals surface area contributed by atoms with E-state index in [-0.39, 0.29) is 22.2 Å². The predicted molar refractivity (Wildman–Crippen MR) is 74.4 cm³/mol. The van der Waals surface area contributed by atoms with Crippen LogP contribution in [0.2, 0.25) is 18.1 Å². The van der Waals surface area contributed by atoms with Gasteiger partial charge in [0.05, 0.1) is 6.10 Å². The molecule has 0 radical (unpaired) electrons. The lowest BCUT2D eigenvalue weighted by Gasteiger charge is -2.43. The summed E-state index contributed by atoms with van der Waals surface area (Å²) in [6.07, 6.45) is 4.18.